The highest BCUT2D eigenvalue weighted by atomic mass is 79.9. The van der Waals surface area contributed by atoms with Crippen LogP contribution in [0.4, 0.5) is 0 Å². The van der Waals surface area contributed by atoms with Gasteiger partial charge in [-0.25, -0.2) is 0 Å². The number of hydrogen-bond acceptors (Lipinski definition) is 3. The Balaban J connectivity index is 2.18. The Labute approximate surface area is 127 Å². The minimum absolute atomic E-state index is 0.0581. The highest BCUT2D eigenvalue weighted by molar-refractivity contribution is 9.09. The lowest BCUT2D eigenvalue weighted by atomic mass is 10.0. The number of carbonyl (C=O) groups excluding carboxylic acids is 1. The zero-order chi connectivity index (χ0) is 14.5. The summed E-state index contributed by atoms with van der Waals surface area (Å²) in [5.74, 6) is 0.342. The fraction of sp³-hybridized carbons (Fsp3) is 0.400. The third-order valence-corrected chi connectivity index (χ3v) is 3.73. The van der Waals surface area contributed by atoms with Crippen molar-refractivity contribution in [1.29, 1.82) is 0 Å². The molecule has 1 N–H and O–H groups in total. The molecule has 1 amide bonds. The van der Waals surface area contributed by atoms with Crippen molar-refractivity contribution < 1.29 is 4.79 Å². The summed E-state index contributed by atoms with van der Waals surface area (Å²) in [6.07, 6.45) is 4.19. The molecule has 0 aliphatic rings. The highest BCUT2D eigenvalue weighted by Crippen LogP contribution is 2.13. The Bertz CT molecular complexity index is 600. The van der Waals surface area contributed by atoms with Gasteiger partial charge in [0.25, 0.3) is 5.91 Å². The summed E-state index contributed by atoms with van der Waals surface area (Å²) < 4.78 is 0. The van der Waals surface area contributed by atoms with Crippen LogP contribution < -0.4 is 5.32 Å². The number of amides is 1. The second-order valence-electron chi connectivity index (χ2n) is 5.06. The molecule has 1 aromatic heterocycles. The predicted octanol–water partition coefficient (Wildman–Crippen LogP) is 3.17. The molecule has 1 unspecified atom stereocenters. The average Bonchev–Trinajstić information content (AvgIpc) is 2.46. The van der Waals surface area contributed by atoms with E-state index >= 15 is 0 Å². The lowest BCUT2D eigenvalue weighted by Crippen LogP contribution is -2.38. The maximum atomic E-state index is 12.3. The number of rotatable bonds is 5. The molecule has 0 aliphatic heterocycles. The predicted molar refractivity (Wildman–Crippen MR) is 84.0 cm³/mol. The second-order valence-corrected chi connectivity index (χ2v) is 5.85. The first kappa shape index (κ1) is 14.9. The first-order valence-corrected chi connectivity index (χ1v) is 7.81. The van der Waals surface area contributed by atoms with Crippen molar-refractivity contribution in [2.75, 3.05) is 5.33 Å². The topological polar surface area (TPSA) is 54.9 Å². The van der Waals surface area contributed by atoms with Crippen LogP contribution in [0.15, 0.2) is 30.6 Å². The van der Waals surface area contributed by atoms with E-state index in [4.69, 9.17) is 0 Å². The van der Waals surface area contributed by atoms with Crippen molar-refractivity contribution in [2.24, 2.45) is 5.92 Å². The van der Waals surface area contributed by atoms with Gasteiger partial charge in [0.2, 0.25) is 0 Å². The molecule has 0 saturated heterocycles. The lowest BCUT2D eigenvalue weighted by molar-refractivity contribution is 0.0925. The van der Waals surface area contributed by atoms with Gasteiger partial charge in [-0.05, 0) is 30.5 Å². The zero-order valence-electron chi connectivity index (χ0n) is 11.6. The number of alkyl halides is 1. The normalized spacial score (nSPS) is 12.6. The van der Waals surface area contributed by atoms with Gasteiger partial charge in [0.05, 0.1) is 11.0 Å². The average molecular weight is 336 g/mol. The van der Waals surface area contributed by atoms with Gasteiger partial charge in [-0.3, -0.25) is 14.8 Å². The largest absolute Gasteiger partial charge is 0.349 e. The van der Waals surface area contributed by atoms with Crippen molar-refractivity contribution >= 4 is 32.9 Å². The van der Waals surface area contributed by atoms with Crippen LogP contribution in [0.25, 0.3) is 11.0 Å². The second kappa shape index (κ2) is 6.79. The monoisotopic (exact) mass is 335 g/mol. The van der Waals surface area contributed by atoms with E-state index < -0.39 is 0 Å². The van der Waals surface area contributed by atoms with Gasteiger partial charge in [0.15, 0.2) is 0 Å². The summed E-state index contributed by atoms with van der Waals surface area (Å²) in [6, 6.07) is 5.56. The molecule has 1 heterocycles. The maximum Gasteiger partial charge on any atom is 0.251 e. The van der Waals surface area contributed by atoms with E-state index in [9.17, 15) is 4.79 Å². The number of nitrogens with zero attached hydrogens (tertiary/aromatic N) is 2. The van der Waals surface area contributed by atoms with Crippen LogP contribution in [0.3, 0.4) is 0 Å². The van der Waals surface area contributed by atoms with Crippen molar-refractivity contribution in [3.8, 4) is 0 Å². The quantitative estimate of drug-likeness (QED) is 0.854. The SMILES string of the molecule is CC(C)C(CCBr)NC(=O)c1ccc2nccnc2c1. The fourth-order valence-corrected chi connectivity index (χ4v) is 2.54. The van der Waals surface area contributed by atoms with Crippen LogP contribution >= 0.6 is 15.9 Å². The summed E-state index contributed by atoms with van der Waals surface area (Å²) >= 11 is 3.43. The van der Waals surface area contributed by atoms with Crippen molar-refractivity contribution in [3.63, 3.8) is 0 Å². The highest BCUT2D eigenvalue weighted by Gasteiger charge is 2.16. The number of hydrogen-bond donors (Lipinski definition) is 1. The molecule has 2 aromatic rings. The summed E-state index contributed by atoms with van der Waals surface area (Å²) in [4.78, 5) is 20.7. The molecule has 20 heavy (non-hydrogen) atoms. The Morgan fingerprint density at radius 2 is 1.95 bits per heavy atom. The number of nitrogens with one attached hydrogen (secondary N) is 1. The van der Waals surface area contributed by atoms with E-state index in [0.29, 0.717) is 11.5 Å². The number of aromatic nitrogens is 2. The summed E-state index contributed by atoms with van der Waals surface area (Å²) in [7, 11) is 0. The molecule has 0 bridgehead atoms. The fourth-order valence-electron chi connectivity index (χ4n) is 2.05. The Kier molecular flexibility index (Phi) is 5.06. The molecule has 1 atom stereocenters. The Morgan fingerprint density at radius 3 is 2.60 bits per heavy atom. The molecular formula is C15H18BrN3O. The molecule has 2 rings (SSSR count). The minimum atomic E-state index is -0.0581. The molecule has 1 aromatic carbocycles. The Hall–Kier alpha value is -1.49. The van der Waals surface area contributed by atoms with Gasteiger partial charge in [0, 0.05) is 29.3 Å². The molecule has 106 valence electrons. The first-order chi connectivity index (χ1) is 9.61. The van der Waals surface area contributed by atoms with Crippen LogP contribution in [0.5, 0.6) is 0 Å². The Morgan fingerprint density at radius 1 is 1.25 bits per heavy atom. The van der Waals surface area contributed by atoms with Gasteiger partial charge in [-0.1, -0.05) is 29.8 Å². The van der Waals surface area contributed by atoms with Crippen molar-refractivity contribution in [1.82, 2.24) is 15.3 Å². The van der Waals surface area contributed by atoms with Crippen LogP contribution in [-0.4, -0.2) is 27.2 Å². The first-order valence-electron chi connectivity index (χ1n) is 6.69. The van der Waals surface area contributed by atoms with Crippen LogP contribution in [0, 0.1) is 5.92 Å². The van der Waals surface area contributed by atoms with Crippen molar-refractivity contribution in [2.45, 2.75) is 26.3 Å². The molecule has 0 radical (unpaired) electrons. The van der Waals surface area contributed by atoms with Gasteiger partial charge in [0.1, 0.15) is 0 Å². The van der Waals surface area contributed by atoms with Crippen LogP contribution in [-0.2, 0) is 0 Å². The van der Waals surface area contributed by atoms with Gasteiger partial charge < -0.3 is 5.32 Å². The summed E-state index contributed by atoms with van der Waals surface area (Å²) in [6.45, 7) is 4.22. The number of halogens is 1. The molecule has 0 fully saturated rings. The zero-order valence-corrected chi connectivity index (χ0v) is 13.2. The number of benzene rings is 1. The van der Waals surface area contributed by atoms with Gasteiger partial charge in [-0.15, -0.1) is 0 Å². The number of carbonyl (C=O) groups is 1. The summed E-state index contributed by atoms with van der Waals surface area (Å²) in [5.41, 5.74) is 2.16. The smallest absolute Gasteiger partial charge is 0.251 e. The van der Waals surface area contributed by atoms with E-state index in [1.54, 1.807) is 24.5 Å². The van der Waals surface area contributed by atoms with E-state index in [0.717, 1.165) is 22.8 Å². The van der Waals surface area contributed by atoms with Gasteiger partial charge in [-0.2, -0.15) is 0 Å². The number of fused-ring (bicyclic) bond motifs is 1. The maximum absolute atomic E-state index is 12.3. The summed E-state index contributed by atoms with van der Waals surface area (Å²) in [5, 5.41) is 3.96. The van der Waals surface area contributed by atoms with Crippen LogP contribution in [0.2, 0.25) is 0 Å². The molecule has 0 aliphatic carbocycles. The lowest BCUT2D eigenvalue weighted by Gasteiger charge is -2.21. The molecule has 4 nitrogen and oxygen atoms in total. The van der Waals surface area contributed by atoms with Crippen molar-refractivity contribution in [3.05, 3.63) is 36.2 Å². The van der Waals surface area contributed by atoms with E-state index in [-0.39, 0.29) is 11.9 Å². The molecular weight excluding hydrogens is 318 g/mol. The standard InChI is InChI=1S/C15H18BrN3O/c1-10(2)12(5-6-16)19-15(20)11-3-4-13-14(9-11)18-8-7-17-13/h3-4,7-10,12H,5-6H2,1-2H3,(H,19,20). The van der Waals surface area contributed by atoms with E-state index in [1.165, 1.54) is 0 Å². The van der Waals surface area contributed by atoms with E-state index in [2.05, 4.69) is 45.1 Å². The minimum Gasteiger partial charge on any atom is -0.349 e. The third-order valence-electron chi connectivity index (χ3n) is 3.27. The molecule has 0 saturated carbocycles. The molecule has 5 heteroatoms. The third kappa shape index (κ3) is 3.54. The van der Waals surface area contributed by atoms with Gasteiger partial charge >= 0.3 is 0 Å². The van der Waals surface area contributed by atoms with Crippen LogP contribution in [0.1, 0.15) is 30.6 Å². The van der Waals surface area contributed by atoms with E-state index in [1.807, 2.05) is 6.07 Å². The molecule has 0 spiro atoms.